The van der Waals surface area contributed by atoms with Crippen LogP contribution in [0, 0.1) is 11.3 Å². The molecule has 2 aromatic carbocycles. The minimum absolute atomic E-state index is 0.133. The fourth-order valence-electron chi connectivity index (χ4n) is 6.09. The molecule has 0 bridgehead atoms. The van der Waals surface area contributed by atoms with Crippen molar-refractivity contribution in [2.24, 2.45) is 0 Å². The molecule has 2 atom stereocenters. The number of benzene rings is 2. The smallest absolute Gasteiger partial charge is 0.318 e. The predicted octanol–water partition coefficient (Wildman–Crippen LogP) is 4.01. The highest BCUT2D eigenvalue weighted by molar-refractivity contribution is 6.36. The van der Waals surface area contributed by atoms with Gasteiger partial charge in [0, 0.05) is 54.9 Å². The van der Waals surface area contributed by atoms with Gasteiger partial charge in [-0.25, -0.2) is 0 Å². The monoisotopic (exact) mass is 531 g/mol. The van der Waals surface area contributed by atoms with Crippen LogP contribution in [0.25, 0.3) is 10.8 Å². The van der Waals surface area contributed by atoms with Gasteiger partial charge in [-0.2, -0.15) is 15.2 Å². The molecule has 3 aliphatic rings. The summed E-state index contributed by atoms with van der Waals surface area (Å²) in [6, 6.07) is 15.7. The van der Waals surface area contributed by atoms with E-state index < -0.39 is 0 Å². The van der Waals surface area contributed by atoms with Crippen molar-refractivity contribution < 1.29 is 4.74 Å². The molecule has 0 amide bonds. The molecule has 38 heavy (non-hydrogen) atoms. The Labute approximate surface area is 229 Å². The number of rotatable bonds is 6. The van der Waals surface area contributed by atoms with Gasteiger partial charge in [0.25, 0.3) is 0 Å². The molecule has 2 saturated heterocycles. The fourth-order valence-corrected chi connectivity index (χ4v) is 6.36. The summed E-state index contributed by atoms with van der Waals surface area (Å²) in [6.07, 6.45) is 3.66. The van der Waals surface area contributed by atoms with E-state index in [2.05, 4.69) is 57.4 Å². The molecule has 0 radical (unpaired) electrons. The summed E-state index contributed by atoms with van der Waals surface area (Å²) >= 11 is 6.68. The van der Waals surface area contributed by atoms with Crippen LogP contribution < -0.4 is 19.9 Å². The van der Waals surface area contributed by atoms with Crippen LogP contribution >= 0.6 is 11.6 Å². The average Bonchev–Trinajstić information content (AvgIpc) is 3.35. The third-order valence-corrected chi connectivity index (χ3v) is 8.48. The summed E-state index contributed by atoms with van der Waals surface area (Å²) < 4.78 is 6.26. The maximum Gasteiger partial charge on any atom is 0.318 e. The van der Waals surface area contributed by atoms with Gasteiger partial charge in [0.15, 0.2) is 0 Å². The number of likely N-dealkylation sites (tertiary alicyclic amines) is 1. The minimum Gasteiger partial charge on any atom is -0.462 e. The van der Waals surface area contributed by atoms with Crippen molar-refractivity contribution in [3.8, 4) is 12.1 Å². The Kier molecular flexibility index (Phi) is 7.24. The summed E-state index contributed by atoms with van der Waals surface area (Å²) in [5.74, 6) is 0.963. The van der Waals surface area contributed by atoms with Crippen molar-refractivity contribution in [2.45, 2.75) is 44.3 Å². The Bertz CT molecular complexity index is 1350. The molecular formula is C29H34ClN7O. The maximum atomic E-state index is 9.27. The standard InChI is InChI=1S/C29H34ClN7O/c1-35-14-4-7-22(35)19-38-29-33-25-18-36(26-9-3-6-20-5-2-8-24(30)27(20)26)15-11-23(25)28(34-29)37-16-13-32-21(17-37)10-12-31/h2-3,5-6,8-9,21-22,32H,4,7,10-11,13-19H2,1H3. The second-order valence-electron chi connectivity index (χ2n) is 10.6. The van der Waals surface area contributed by atoms with Crippen LogP contribution in [0.15, 0.2) is 36.4 Å². The third-order valence-electron chi connectivity index (χ3n) is 8.16. The number of likely N-dealkylation sites (N-methyl/N-ethyl adjacent to an activating group) is 1. The molecule has 3 aliphatic heterocycles. The van der Waals surface area contributed by atoms with Gasteiger partial charge in [-0.1, -0.05) is 35.9 Å². The first-order chi connectivity index (χ1) is 18.6. The summed E-state index contributed by atoms with van der Waals surface area (Å²) in [4.78, 5) is 17.0. The van der Waals surface area contributed by atoms with Crippen molar-refractivity contribution in [2.75, 3.05) is 56.2 Å². The van der Waals surface area contributed by atoms with Crippen LogP contribution in [0.5, 0.6) is 6.01 Å². The quantitative estimate of drug-likeness (QED) is 0.511. The Morgan fingerprint density at radius 1 is 1.13 bits per heavy atom. The molecule has 4 heterocycles. The lowest BCUT2D eigenvalue weighted by Crippen LogP contribution is -2.51. The molecule has 9 heteroatoms. The van der Waals surface area contributed by atoms with Crippen LogP contribution in [0.2, 0.25) is 5.02 Å². The van der Waals surface area contributed by atoms with E-state index in [9.17, 15) is 5.26 Å². The van der Waals surface area contributed by atoms with E-state index in [1.165, 1.54) is 12.0 Å². The molecule has 0 saturated carbocycles. The number of halogens is 1. The Hall–Kier alpha value is -3.12. The lowest BCUT2D eigenvalue weighted by atomic mass is 10.0. The first kappa shape index (κ1) is 25.2. The zero-order valence-corrected chi connectivity index (χ0v) is 22.6. The molecular weight excluding hydrogens is 498 g/mol. The highest BCUT2D eigenvalue weighted by atomic mass is 35.5. The highest BCUT2D eigenvalue weighted by Gasteiger charge is 2.30. The van der Waals surface area contributed by atoms with E-state index in [1.54, 1.807) is 0 Å². The van der Waals surface area contributed by atoms with Gasteiger partial charge in [0.05, 0.1) is 29.8 Å². The molecule has 1 N–H and O–H groups in total. The second kappa shape index (κ2) is 10.9. The van der Waals surface area contributed by atoms with Crippen LogP contribution in [0.4, 0.5) is 11.5 Å². The SMILES string of the molecule is CN1CCCC1COc1nc2c(c(N3CCNC(CC#N)C3)n1)CCN(c1cccc3cccc(Cl)c13)C2. The molecule has 3 aromatic rings. The van der Waals surface area contributed by atoms with Crippen molar-refractivity contribution in [3.05, 3.63) is 52.7 Å². The second-order valence-corrected chi connectivity index (χ2v) is 11.0. The number of hydrogen-bond donors (Lipinski definition) is 1. The van der Waals surface area contributed by atoms with Gasteiger partial charge < -0.3 is 24.8 Å². The number of ether oxygens (including phenoxy) is 1. The van der Waals surface area contributed by atoms with E-state index in [0.717, 1.165) is 78.6 Å². The van der Waals surface area contributed by atoms with Crippen molar-refractivity contribution in [3.63, 3.8) is 0 Å². The Morgan fingerprint density at radius 2 is 2.00 bits per heavy atom. The first-order valence-electron chi connectivity index (χ1n) is 13.6. The topological polar surface area (TPSA) is 80.5 Å². The third kappa shape index (κ3) is 4.98. The molecule has 2 fully saturated rings. The Balaban J connectivity index is 1.34. The minimum atomic E-state index is 0.133. The van der Waals surface area contributed by atoms with Crippen LogP contribution in [0.3, 0.4) is 0 Å². The van der Waals surface area contributed by atoms with Gasteiger partial charge >= 0.3 is 6.01 Å². The van der Waals surface area contributed by atoms with Crippen molar-refractivity contribution in [1.82, 2.24) is 20.2 Å². The number of fused-ring (bicyclic) bond motifs is 2. The zero-order valence-electron chi connectivity index (χ0n) is 21.9. The summed E-state index contributed by atoms with van der Waals surface area (Å²) in [7, 11) is 2.16. The molecule has 1 aromatic heterocycles. The number of nitrogens with zero attached hydrogens (tertiary/aromatic N) is 6. The van der Waals surface area contributed by atoms with Gasteiger partial charge in [0.2, 0.25) is 0 Å². The van der Waals surface area contributed by atoms with Gasteiger partial charge in [0.1, 0.15) is 12.4 Å². The first-order valence-corrected chi connectivity index (χ1v) is 14.0. The van der Waals surface area contributed by atoms with Crippen LogP contribution in [-0.2, 0) is 13.0 Å². The molecule has 0 aliphatic carbocycles. The van der Waals surface area contributed by atoms with Gasteiger partial charge in [-0.05, 0) is 50.4 Å². The molecule has 198 valence electrons. The summed E-state index contributed by atoms with van der Waals surface area (Å²) in [5, 5.41) is 15.7. The van der Waals surface area contributed by atoms with Crippen molar-refractivity contribution >= 4 is 33.9 Å². The highest BCUT2D eigenvalue weighted by Crippen LogP contribution is 2.37. The largest absolute Gasteiger partial charge is 0.462 e. The van der Waals surface area contributed by atoms with E-state index >= 15 is 0 Å². The Morgan fingerprint density at radius 3 is 2.82 bits per heavy atom. The van der Waals surface area contributed by atoms with E-state index in [1.807, 2.05) is 12.1 Å². The number of aromatic nitrogens is 2. The summed E-state index contributed by atoms with van der Waals surface area (Å²) in [5.41, 5.74) is 3.33. The molecule has 8 nitrogen and oxygen atoms in total. The molecule has 6 rings (SSSR count). The van der Waals surface area contributed by atoms with Gasteiger partial charge in [-0.15, -0.1) is 0 Å². The molecule has 0 spiro atoms. The number of nitriles is 1. The lowest BCUT2D eigenvalue weighted by molar-refractivity contribution is 0.187. The van der Waals surface area contributed by atoms with Crippen LogP contribution in [0.1, 0.15) is 30.5 Å². The van der Waals surface area contributed by atoms with E-state index in [-0.39, 0.29) is 6.04 Å². The number of anilines is 2. The predicted molar refractivity (Wildman–Crippen MR) is 151 cm³/mol. The zero-order chi connectivity index (χ0) is 26.1. The lowest BCUT2D eigenvalue weighted by Gasteiger charge is -2.37. The summed E-state index contributed by atoms with van der Waals surface area (Å²) in [6.45, 7) is 5.65. The van der Waals surface area contributed by atoms with Gasteiger partial charge in [-0.3, -0.25) is 0 Å². The average molecular weight is 532 g/mol. The van der Waals surface area contributed by atoms with E-state index in [0.29, 0.717) is 31.6 Å². The van der Waals surface area contributed by atoms with Crippen LogP contribution in [-0.4, -0.2) is 73.3 Å². The van der Waals surface area contributed by atoms with Crippen molar-refractivity contribution in [1.29, 1.82) is 5.26 Å². The fraction of sp³-hybridized carbons (Fsp3) is 0.483. The number of hydrogen-bond acceptors (Lipinski definition) is 8. The number of nitrogens with one attached hydrogen (secondary N) is 1. The van der Waals surface area contributed by atoms with E-state index in [4.69, 9.17) is 26.3 Å². The number of piperazine rings is 1. The normalized spacial score (nSPS) is 21.9. The molecule has 2 unspecified atom stereocenters. The maximum absolute atomic E-state index is 9.27.